The van der Waals surface area contributed by atoms with Gasteiger partial charge in [0, 0.05) is 18.1 Å². The van der Waals surface area contributed by atoms with E-state index in [-0.39, 0.29) is 12.3 Å². The lowest BCUT2D eigenvalue weighted by Gasteiger charge is -2.14. The highest BCUT2D eigenvalue weighted by Gasteiger charge is 2.15. The first-order valence-electron chi connectivity index (χ1n) is 4.59. The summed E-state index contributed by atoms with van der Waals surface area (Å²) in [5.74, 6) is -0.983. The molecule has 82 valence electrons. The number of carboxylic acid groups (broad SMARTS) is 1. The molecule has 0 aliphatic heterocycles. The van der Waals surface area contributed by atoms with Gasteiger partial charge in [0.2, 0.25) is 0 Å². The van der Waals surface area contributed by atoms with Crippen LogP contribution in [0.5, 0.6) is 0 Å². The van der Waals surface area contributed by atoms with Crippen LogP contribution in [0.2, 0.25) is 5.02 Å². The second kappa shape index (κ2) is 5.73. The minimum atomic E-state index is -0.836. The van der Waals surface area contributed by atoms with Crippen molar-refractivity contribution in [3.05, 3.63) is 34.9 Å². The fourth-order valence-corrected chi connectivity index (χ4v) is 1.64. The van der Waals surface area contributed by atoms with Crippen LogP contribution in [0.1, 0.15) is 17.9 Å². The third-order valence-electron chi connectivity index (χ3n) is 2.11. The molecule has 1 unspecified atom stereocenters. The van der Waals surface area contributed by atoms with Crippen LogP contribution in [0.25, 0.3) is 0 Å². The first-order chi connectivity index (χ1) is 7.13. The summed E-state index contributed by atoms with van der Waals surface area (Å²) in [6, 6.07) is 7.20. The summed E-state index contributed by atoms with van der Waals surface area (Å²) in [5, 5.41) is 9.36. The van der Waals surface area contributed by atoms with Gasteiger partial charge in [-0.2, -0.15) is 0 Å². The Bertz CT molecular complexity index is 338. The highest BCUT2D eigenvalue weighted by atomic mass is 35.5. The molecule has 0 amide bonds. The molecule has 1 aromatic rings. The number of hydrogen-bond acceptors (Lipinski definition) is 2. The molecular formula is C11H13ClO3. The summed E-state index contributed by atoms with van der Waals surface area (Å²) in [6.07, 6.45) is 0.0498. The van der Waals surface area contributed by atoms with Crippen molar-refractivity contribution in [1.82, 2.24) is 0 Å². The molecule has 1 atom stereocenters. The van der Waals surface area contributed by atoms with Gasteiger partial charge < -0.3 is 9.84 Å². The molecule has 0 aliphatic rings. The zero-order valence-electron chi connectivity index (χ0n) is 8.44. The maximum absolute atomic E-state index is 10.7. The molecule has 1 rings (SSSR count). The van der Waals surface area contributed by atoms with Crippen molar-refractivity contribution >= 4 is 17.6 Å². The molecule has 15 heavy (non-hydrogen) atoms. The van der Waals surface area contributed by atoms with E-state index in [0.29, 0.717) is 11.6 Å². The van der Waals surface area contributed by atoms with E-state index < -0.39 is 5.97 Å². The molecule has 1 N–H and O–H groups in total. The molecule has 0 fully saturated rings. The van der Waals surface area contributed by atoms with E-state index in [1.807, 2.05) is 12.1 Å². The van der Waals surface area contributed by atoms with Crippen LogP contribution in [0, 0.1) is 0 Å². The van der Waals surface area contributed by atoms with E-state index in [9.17, 15) is 4.79 Å². The molecule has 0 aliphatic carbocycles. The van der Waals surface area contributed by atoms with Crippen molar-refractivity contribution in [2.45, 2.75) is 12.3 Å². The number of benzene rings is 1. The number of hydrogen-bond donors (Lipinski definition) is 1. The Balaban J connectivity index is 2.83. The fourth-order valence-electron chi connectivity index (χ4n) is 1.45. The lowest BCUT2D eigenvalue weighted by molar-refractivity contribution is -0.137. The van der Waals surface area contributed by atoms with Crippen LogP contribution in [-0.2, 0) is 9.53 Å². The molecular weight excluding hydrogens is 216 g/mol. The number of methoxy groups -OCH3 is 1. The van der Waals surface area contributed by atoms with Gasteiger partial charge in [0.15, 0.2) is 0 Å². The summed E-state index contributed by atoms with van der Waals surface area (Å²) in [5.41, 5.74) is 0.895. The second-order valence-electron chi connectivity index (χ2n) is 3.31. The summed E-state index contributed by atoms with van der Waals surface area (Å²) in [6.45, 7) is 0.382. The van der Waals surface area contributed by atoms with Crippen molar-refractivity contribution in [1.29, 1.82) is 0 Å². The number of rotatable bonds is 5. The molecule has 0 radical (unpaired) electrons. The van der Waals surface area contributed by atoms with E-state index in [0.717, 1.165) is 5.56 Å². The van der Waals surface area contributed by atoms with Crippen LogP contribution in [-0.4, -0.2) is 24.8 Å². The van der Waals surface area contributed by atoms with Gasteiger partial charge in [-0.1, -0.05) is 23.7 Å². The highest BCUT2D eigenvalue weighted by Crippen LogP contribution is 2.22. The molecule has 4 heteroatoms. The van der Waals surface area contributed by atoms with Crippen LogP contribution < -0.4 is 0 Å². The Morgan fingerprint density at radius 1 is 1.60 bits per heavy atom. The van der Waals surface area contributed by atoms with Crippen molar-refractivity contribution in [3.8, 4) is 0 Å². The Hall–Kier alpha value is -1.06. The molecule has 0 saturated carbocycles. The van der Waals surface area contributed by atoms with Gasteiger partial charge in [-0.3, -0.25) is 4.79 Å². The minimum absolute atomic E-state index is 0.0498. The quantitative estimate of drug-likeness (QED) is 0.843. The predicted octanol–water partition coefficient (Wildman–Crippen LogP) is 2.54. The van der Waals surface area contributed by atoms with Crippen molar-refractivity contribution in [3.63, 3.8) is 0 Å². The predicted molar refractivity (Wildman–Crippen MR) is 58.3 cm³/mol. The minimum Gasteiger partial charge on any atom is -0.481 e. The normalized spacial score (nSPS) is 12.4. The summed E-state index contributed by atoms with van der Waals surface area (Å²) < 4.78 is 4.99. The zero-order chi connectivity index (χ0) is 11.3. The maximum atomic E-state index is 10.7. The monoisotopic (exact) mass is 228 g/mol. The molecule has 0 heterocycles. The van der Waals surface area contributed by atoms with Crippen LogP contribution >= 0.6 is 11.6 Å². The lowest BCUT2D eigenvalue weighted by Crippen LogP contribution is -2.11. The molecule has 0 saturated heterocycles. The standard InChI is InChI=1S/C11H13ClO3/c1-15-7-9(6-11(13)14)8-3-2-4-10(12)5-8/h2-5,9H,6-7H2,1H3,(H,13,14). The Morgan fingerprint density at radius 2 is 2.33 bits per heavy atom. The number of carboxylic acids is 1. The van der Waals surface area contributed by atoms with Crippen molar-refractivity contribution in [2.24, 2.45) is 0 Å². The third kappa shape index (κ3) is 3.90. The first kappa shape index (κ1) is 12.0. The topological polar surface area (TPSA) is 46.5 Å². The second-order valence-corrected chi connectivity index (χ2v) is 3.74. The number of ether oxygens (including phenoxy) is 1. The third-order valence-corrected chi connectivity index (χ3v) is 2.34. The van der Waals surface area contributed by atoms with E-state index in [4.69, 9.17) is 21.4 Å². The first-order valence-corrected chi connectivity index (χ1v) is 4.97. The van der Waals surface area contributed by atoms with Gasteiger partial charge in [-0.15, -0.1) is 0 Å². The molecule has 3 nitrogen and oxygen atoms in total. The number of halogens is 1. The summed E-state index contributed by atoms with van der Waals surface area (Å²) >= 11 is 5.84. The van der Waals surface area contributed by atoms with Gasteiger partial charge in [-0.05, 0) is 17.7 Å². The van der Waals surface area contributed by atoms with Gasteiger partial charge in [0.25, 0.3) is 0 Å². The average Bonchev–Trinajstić information content (AvgIpc) is 2.16. The zero-order valence-corrected chi connectivity index (χ0v) is 9.20. The number of aliphatic carboxylic acids is 1. The number of carbonyl (C=O) groups is 1. The average molecular weight is 229 g/mol. The Morgan fingerprint density at radius 3 is 2.87 bits per heavy atom. The Labute approximate surface area is 93.6 Å². The van der Waals surface area contributed by atoms with Gasteiger partial charge >= 0.3 is 5.97 Å². The van der Waals surface area contributed by atoms with E-state index in [2.05, 4.69) is 0 Å². The van der Waals surface area contributed by atoms with Crippen LogP contribution in [0.3, 0.4) is 0 Å². The van der Waals surface area contributed by atoms with Gasteiger partial charge in [0.05, 0.1) is 13.0 Å². The van der Waals surface area contributed by atoms with E-state index in [1.54, 1.807) is 19.2 Å². The molecule has 1 aromatic carbocycles. The van der Waals surface area contributed by atoms with E-state index >= 15 is 0 Å². The van der Waals surface area contributed by atoms with Crippen LogP contribution in [0.15, 0.2) is 24.3 Å². The molecule has 0 bridgehead atoms. The molecule has 0 aromatic heterocycles. The molecule has 0 spiro atoms. The van der Waals surface area contributed by atoms with E-state index in [1.165, 1.54) is 0 Å². The van der Waals surface area contributed by atoms with Crippen molar-refractivity contribution < 1.29 is 14.6 Å². The summed E-state index contributed by atoms with van der Waals surface area (Å²) in [7, 11) is 1.55. The highest BCUT2D eigenvalue weighted by molar-refractivity contribution is 6.30. The van der Waals surface area contributed by atoms with Crippen LogP contribution in [0.4, 0.5) is 0 Å². The summed E-state index contributed by atoms with van der Waals surface area (Å²) in [4.78, 5) is 10.7. The fraction of sp³-hybridized carbons (Fsp3) is 0.364. The lowest BCUT2D eigenvalue weighted by atomic mass is 9.97. The smallest absolute Gasteiger partial charge is 0.304 e. The largest absolute Gasteiger partial charge is 0.481 e. The van der Waals surface area contributed by atoms with Crippen molar-refractivity contribution in [2.75, 3.05) is 13.7 Å². The maximum Gasteiger partial charge on any atom is 0.304 e. The SMILES string of the molecule is COCC(CC(=O)O)c1cccc(Cl)c1. The van der Waals surface area contributed by atoms with Gasteiger partial charge in [-0.25, -0.2) is 0 Å². The van der Waals surface area contributed by atoms with Gasteiger partial charge in [0.1, 0.15) is 0 Å². The Kier molecular flexibility index (Phi) is 4.59.